The van der Waals surface area contributed by atoms with Crippen molar-refractivity contribution in [2.75, 3.05) is 0 Å². The number of esters is 1. The van der Waals surface area contributed by atoms with E-state index in [0.29, 0.717) is 19.3 Å². The maximum absolute atomic E-state index is 13.7. The molecule has 0 saturated heterocycles. The average Bonchev–Trinajstić information content (AvgIpc) is 3.03. The molecule has 0 aliphatic heterocycles. The Morgan fingerprint density at radius 3 is 2.06 bits per heavy atom. The Kier molecular flexibility index (Phi) is 7.79. The zero-order valence-corrected chi connectivity index (χ0v) is 19.5. The molecule has 0 aromatic heterocycles. The van der Waals surface area contributed by atoms with Gasteiger partial charge in [0, 0.05) is 29.5 Å². The summed E-state index contributed by atoms with van der Waals surface area (Å²) in [6.45, 7) is 5.90. The second-order valence-electron chi connectivity index (χ2n) is 8.37. The van der Waals surface area contributed by atoms with Gasteiger partial charge < -0.3 is 10.1 Å². The average molecular weight is 450 g/mol. The monoisotopic (exact) mass is 449 g/mol. The van der Waals surface area contributed by atoms with Crippen molar-refractivity contribution in [3.63, 3.8) is 0 Å². The van der Waals surface area contributed by atoms with Gasteiger partial charge in [0.1, 0.15) is 5.75 Å². The summed E-state index contributed by atoms with van der Waals surface area (Å²) in [6.07, 6.45) is 4.03. The van der Waals surface area contributed by atoms with Gasteiger partial charge in [0.05, 0.1) is 0 Å². The van der Waals surface area contributed by atoms with Gasteiger partial charge in [0.15, 0.2) is 5.54 Å². The fraction of sp³-hybridized carbons (Fsp3) is 0.407. The van der Waals surface area contributed by atoms with Gasteiger partial charge in [-0.25, -0.2) is 0 Å². The van der Waals surface area contributed by atoms with E-state index >= 15 is 0 Å². The van der Waals surface area contributed by atoms with Crippen LogP contribution < -0.4 is 10.1 Å². The molecule has 0 spiro atoms. The van der Waals surface area contributed by atoms with Crippen LogP contribution in [0.5, 0.6) is 5.75 Å². The third-order valence-corrected chi connectivity index (χ3v) is 6.00. The van der Waals surface area contributed by atoms with Gasteiger partial charge in [-0.15, -0.1) is 0 Å². The highest BCUT2D eigenvalue weighted by atomic mass is 16.5. The largest absolute Gasteiger partial charge is 0.426 e. The van der Waals surface area contributed by atoms with E-state index in [1.807, 2.05) is 20.8 Å². The lowest BCUT2D eigenvalue weighted by molar-refractivity contribution is -0.134. The van der Waals surface area contributed by atoms with Crippen molar-refractivity contribution in [3.05, 3.63) is 64.7 Å². The van der Waals surface area contributed by atoms with Crippen molar-refractivity contribution >= 4 is 23.4 Å². The molecule has 1 amide bonds. The van der Waals surface area contributed by atoms with E-state index in [-0.39, 0.29) is 35.3 Å². The molecule has 0 fully saturated rings. The third kappa shape index (κ3) is 4.75. The van der Waals surface area contributed by atoms with E-state index in [1.54, 1.807) is 42.5 Å². The Morgan fingerprint density at radius 2 is 1.48 bits per heavy atom. The summed E-state index contributed by atoms with van der Waals surface area (Å²) in [6, 6.07) is 11.6. The van der Waals surface area contributed by atoms with Crippen LogP contribution in [0.1, 0.15) is 91.1 Å². The third-order valence-electron chi connectivity index (χ3n) is 6.00. The smallest absolute Gasteiger partial charge is 0.311 e. The maximum Gasteiger partial charge on any atom is 0.311 e. The number of nitrogens with one attached hydrogen (secondary N) is 1. The Morgan fingerprint density at radius 1 is 0.879 bits per heavy atom. The van der Waals surface area contributed by atoms with Gasteiger partial charge in [-0.2, -0.15) is 0 Å². The predicted octanol–water partition coefficient (Wildman–Crippen LogP) is 4.93. The van der Waals surface area contributed by atoms with E-state index in [9.17, 15) is 19.2 Å². The number of carbonyl (C=O) groups excluding carboxylic acids is 4. The van der Waals surface area contributed by atoms with Gasteiger partial charge in [0.2, 0.25) is 17.5 Å². The van der Waals surface area contributed by atoms with E-state index in [0.717, 1.165) is 18.4 Å². The fourth-order valence-electron chi connectivity index (χ4n) is 4.10. The molecule has 6 nitrogen and oxygen atoms in total. The maximum atomic E-state index is 13.7. The van der Waals surface area contributed by atoms with Crippen LogP contribution in [0.2, 0.25) is 0 Å². The Bertz CT molecular complexity index is 1040. The summed E-state index contributed by atoms with van der Waals surface area (Å²) in [4.78, 5) is 52.8. The number of hydrogen-bond donors (Lipinski definition) is 1. The highest BCUT2D eigenvalue weighted by Gasteiger charge is 2.56. The summed E-state index contributed by atoms with van der Waals surface area (Å²) in [5.41, 5.74) is -0.371. The van der Waals surface area contributed by atoms with E-state index in [4.69, 9.17) is 4.74 Å². The summed E-state index contributed by atoms with van der Waals surface area (Å²) >= 11 is 0. The topological polar surface area (TPSA) is 89.5 Å². The number of amides is 1. The molecule has 6 heteroatoms. The molecule has 174 valence electrons. The summed E-state index contributed by atoms with van der Waals surface area (Å²) < 4.78 is 5.69. The first-order valence-electron chi connectivity index (χ1n) is 11.7. The number of Topliss-reactive ketones (excluding diaryl/α,β-unsaturated/α-hetero) is 2. The Labute approximate surface area is 194 Å². The van der Waals surface area contributed by atoms with Crippen molar-refractivity contribution < 1.29 is 23.9 Å². The van der Waals surface area contributed by atoms with Crippen LogP contribution in [0.15, 0.2) is 42.5 Å². The molecule has 0 atom stereocenters. The van der Waals surface area contributed by atoms with Crippen LogP contribution in [0.25, 0.3) is 0 Å². The Hall–Kier alpha value is -3.28. The highest BCUT2D eigenvalue weighted by molar-refractivity contribution is 6.34. The summed E-state index contributed by atoms with van der Waals surface area (Å²) in [7, 11) is 0. The van der Waals surface area contributed by atoms with Crippen molar-refractivity contribution in [2.45, 2.75) is 71.3 Å². The van der Waals surface area contributed by atoms with Crippen LogP contribution in [-0.2, 0) is 21.5 Å². The van der Waals surface area contributed by atoms with E-state index in [2.05, 4.69) is 5.32 Å². The lowest BCUT2D eigenvalue weighted by Crippen LogP contribution is -2.54. The number of ketones is 2. The first-order chi connectivity index (χ1) is 15.9. The molecule has 0 radical (unpaired) electrons. The molecule has 0 bridgehead atoms. The number of unbranched alkanes of at least 4 members (excludes halogenated alkanes) is 2. The zero-order chi connectivity index (χ0) is 24.0. The molecule has 1 aliphatic rings. The van der Waals surface area contributed by atoms with Crippen LogP contribution in [0.3, 0.4) is 0 Å². The van der Waals surface area contributed by atoms with Gasteiger partial charge >= 0.3 is 5.97 Å². The number of aryl methyl sites for hydroxylation is 1. The van der Waals surface area contributed by atoms with Crippen LogP contribution >= 0.6 is 0 Å². The minimum atomic E-state index is -1.96. The normalized spacial score (nSPS) is 14.2. The van der Waals surface area contributed by atoms with Gasteiger partial charge in [-0.1, -0.05) is 70.0 Å². The van der Waals surface area contributed by atoms with E-state index in [1.165, 1.54) is 0 Å². The molecule has 0 heterocycles. The molecular formula is C27H31NO5. The molecule has 33 heavy (non-hydrogen) atoms. The fourth-order valence-corrected chi connectivity index (χ4v) is 4.10. The first-order valence-corrected chi connectivity index (χ1v) is 11.7. The van der Waals surface area contributed by atoms with Crippen molar-refractivity contribution in [2.24, 2.45) is 0 Å². The van der Waals surface area contributed by atoms with Crippen molar-refractivity contribution in [1.82, 2.24) is 5.32 Å². The number of benzene rings is 2. The number of hydrogen-bond acceptors (Lipinski definition) is 5. The lowest BCUT2D eigenvalue weighted by atomic mass is 9.83. The number of rotatable bonds is 10. The number of ether oxygens (including phenoxy) is 1. The lowest BCUT2D eigenvalue weighted by Gasteiger charge is -2.29. The van der Waals surface area contributed by atoms with Crippen LogP contribution in [0, 0.1) is 0 Å². The molecular weight excluding hydrogens is 418 g/mol. The van der Waals surface area contributed by atoms with Crippen molar-refractivity contribution in [3.8, 4) is 5.75 Å². The molecule has 0 saturated carbocycles. The van der Waals surface area contributed by atoms with Crippen LogP contribution in [0.4, 0.5) is 0 Å². The summed E-state index contributed by atoms with van der Waals surface area (Å²) in [5.74, 6) is -1.71. The minimum absolute atomic E-state index is 0.140. The number of fused-ring (bicyclic) bond motifs is 1. The van der Waals surface area contributed by atoms with Crippen molar-refractivity contribution in [1.29, 1.82) is 0 Å². The highest BCUT2D eigenvalue weighted by Crippen LogP contribution is 2.42. The standard InChI is InChI=1S/C27H31NO5/c1-4-7-13-23(29)28-27(25(31)19-11-9-10-12-20(19)26(27)32)21-16-15-18(6-3)17-22(21)33-24(30)14-8-5-2/h9-12,15-17H,4-8,13-14H2,1-3H3,(H,28,29). The van der Waals surface area contributed by atoms with Gasteiger partial charge in [-0.3, -0.25) is 19.2 Å². The number of carbonyl (C=O) groups is 4. The van der Waals surface area contributed by atoms with Gasteiger partial charge in [0.25, 0.3) is 0 Å². The Balaban J connectivity index is 2.16. The zero-order valence-electron chi connectivity index (χ0n) is 19.5. The quantitative estimate of drug-likeness (QED) is 0.316. The summed E-state index contributed by atoms with van der Waals surface area (Å²) in [5, 5.41) is 2.75. The first kappa shape index (κ1) is 24.4. The molecule has 2 aromatic carbocycles. The second-order valence-corrected chi connectivity index (χ2v) is 8.37. The minimum Gasteiger partial charge on any atom is -0.426 e. The molecule has 2 aromatic rings. The second kappa shape index (κ2) is 10.6. The molecule has 3 rings (SSSR count). The molecule has 1 aliphatic carbocycles. The van der Waals surface area contributed by atoms with E-state index < -0.39 is 29.0 Å². The molecule has 1 N–H and O–H groups in total. The van der Waals surface area contributed by atoms with Crippen LogP contribution in [-0.4, -0.2) is 23.4 Å². The molecule has 0 unspecified atom stereocenters. The SMILES string of the molecule is CCCCC(=O)NC1(c2ccc(CC)cc2OC(=O)CCCC)C(=O)c2ccccc2C1=O. The van der Waals surface area contributed by atoms with Gasteiger partial charge in [-0.05, 0) is 30.9 Å². The predicted molar refractivity (Wildman–Crippen MR) is 125 cm³/mol.